The molecule has 0 saturated carbocycles. The molecule has 0 amide bonds. The second kappa shape index (κ2) is 5.62. The first-order valence-electron chi connectivity index (χ1n) is 5.44. The van der Waals surface area contributed by atoms with E-state index in [1.54, 1.807) is 23.0 Å². The normalized spacial score (nSPS) is 11.8. The molecule has 4 nitrogen and oxygen atoms in total. The highest BCUT2D eigenvalue weighted by molar-refractivity contribution is 8.00. The first-order valence-corrected chi connectivity index (χ1v) is 6.26. The van der Waals surface area contributed by atoms with Gasteiger partial charge in [0.25, 0.3) is 0 Å². The third-order valence-corrected chi connectivity index (χ3v) is 3.02. The van der Waals surface area contributed by atoms with Crippen LogP contribution in [-0.4, -0.2) is 27.0 Å². The third kappa shape index (κ3) is 3.97. The number of benzene rings is 1. The van der Waals surface area contributed by atoms with Crippen LogP contribution >= 0.6 is 11.8 Å². The van der Waals surface area contributed by atoms with Crippen LogP contribution in [0.2, 0.25) is 0 Å². The van der Waals surface area contributed by atoms with Gasteiger partial charge in [0.1, 0.15) is 5.69 Å². The van der Waals surface area contributed by atoms with Crippen molar-refractivity contribution in [3.63, 3.8) is 0 Å². The Kier molecular flexibility index (Phi) is 4.11. The van der Waals surface area contributed by atoms with Gasteiger partial charge in [0.15, 0.2) is 0 Å². The summed E-state index contributed by atoms with van der Waals surface area (Å²) in [5.41, 5.74) is 2.44. The highest BCUT2D eigenvalue weighted by Gasteiger charge is 2.29. The van der Waals surface area contributed by atoms with Gasteiger partial charge in [-0.3, -0.25) is 4.68 Å². The van der Waals surface area contributed by atoms with E-state index in [0.29, 0.717) is 18.8 Å². The maximum Gasteiger partial charge on any atom is 0.446 e. The topological polar surface area (TPSA) is 56.7 Å². The van der Waals surface area contributed by atoms with Crippen LogP contribution in [0.15, 0.2) is 35.4 Å². The predicted molar refractivity (Wildman–Crippen MR) is 66.4 cm³/mol. The molecule has 0 unspecified atom stereocenters. The summed E-state index contributed by atoms with van der Waals surface area (Å²) in [6.07, 6.45) is 1.71. The number of nitrogens with zero attached hydrogens (tertiary/aromatic N) is 3. The molecule has 0 fully saturated rings. The van der Waals surface area contributed by atoms with Gasteiger partial charge in [-0.2, -0.15) is 13.2 Å². The summed E-state index contributed by atoms with van der Waals surface area (Å²) in [5.74, 6) is 0. The lowest BCUT2D eigenvalue weighted by Gasteiger charge is -2.05. The summed E-state index contributed by atoms with van der Waals surface area (Å²) in [5, 5.41) is 7.80. The molecule has 0 saturated heterocycles. The number of alkyl halides is 3. The lowest BCUT2D eigenvalue weighted by molar-refractivity contribution is -0.0328. The zero-order valence-electron chi connectivity index (χ0n) is 9.76. The van der Waals surface area contributed by atoms with E-state index in [1.807, 2.05) is 0 Å². The van der Waals surface area contributed by atoms with Crippen molar-refractivity contribution in [2.45, 2.75) is 16.9 Å². The van der Waals surface area contributed by atoms with Gasteiger partial charge in [0.05, 0.1) is 12.7 Å². The van der Waals surface area contributed by atoms with Crippen molar-refractivity contribution in [2.24, 2.45) is 5.73 Å². The number of aromatic nitrogens is 3. The largest absolute Gasteiger partial charge is 0.446 e. The minimum Gasteiger partial charge on any atom is -0.329 e. The van der Waals surface area contributed by atoms with Crippen LogP contribution in [0.3, 0.4) is 0 Å². The molecule has 0 aliphatic rings. The molecule has 0 aliphatic heterocycles. The molecule has 0 radical (unpaired) electrons. The van der Waals surface area contributed by atoms with Crippen molar-refractivity contribution in [3.8, 4) is 11.3 Å². The maximum absolute atomic E-state index is 12.2. The van der Waals surface area contributed by atoms with E-state index < -0.39 is 5.51 Å². The van der Waals surface area contributed by atoms with Crippen molar-refractivity contribution < 1.29 is 13.2 Å². The van der Waals surface area contributed by atoms with Crippen molar-refractivity contribution in [1.29, 1.82) is 0 Å². The highest BCUT2D eigenvalue weighted by atomic mass is 32.2. The molecule has 1 aromatic carbocycles. The third-order valence-electron chi connectivity index (χ3n) is 2.28. The average molecular weight is 288 g/mol. The molecule has 19 heavy (non-hydrogen) atoms. The van der Waals surface area contributed by atoms with Crippen molar-refractivity contribution in [1.82, 2.24) is 15.0 Å². The fourth-order valence-corrected chi connectivity index (χ4v) is 2.04. The van der Waals surface area contributed by atoms with Crippen LogP contribution in [0.1, 0.15) is 0 Å². The summed E-state index contributed by atoms with van der Waals surface area (Å²) in [6, 6.07) is 6.00. The Morgan fingerprint density at radius 3 is 2.47 bits per heavy atom. The molecule has 2 rings (SSSR count). The van der Waals surface area contributed by atoms with E-state index >= 15 is 0 Å². The Balaban J connectivity index is 2.13. The number of nitrogens with two attached hydrogens (primary N) is 1. The minimum atomic E-state index is -4.27. The monoisotopic (exact) mass is 288 g/mol. The standard InChI is InChI=1S/C11H11F3N4S/c12-11(13,14)19-9-3-1-8(2-4-9)10-7-18(6-5-15)17-16-10/h1-4,7H,5-6,15H2. The Hall–Kier alpha value is -1.54. The molecule has 1 heterocycles. The SMILES string of the molecule is NCCn1cc(-c2ccc(SC(F)(F)F)cc2)nn1. The number of rotatable bonds is 4. The van der Waals surface area contributed by atoms with Crippen LogP contribution in [0, 0.1) is 0 Å². The van der Waals surface area contributed by atoms with Gasteiger partial charge in [-0.15, -0.1) is 5.10 Å². The molecule has 8 heteroatoms. The summed E-state index contributed by atoms with van der Waals surface area (Å²) >= 11 is -0.140. The number of hydrogen-bond acceptors (Lipinski definition) is 4. The summed E-state index contributed by atoms with van der Waals surface area (Å²) in [7, 11) is 0. The van der Waals surface area contributed by atoms with Gasteiger partial charge in [-0.05, 0) is 23.9 Å². The molecule has 0 aliphatic carbocycles. The average Bonchev–Trinajstić information content (AvgIpc) is 2.77. The van der Waals surface area contributed by atoms with Crippen molar-refractivity contribution in [2.75, 3.05) is 6.54 Å². The Morgan fingerprint density at radius 2 is 1.89 bits per heavy atom. The Morgan fingerprint density at radius 1 is 1.21 bits per heavy atom. The van der Waals surface area contributed by atoms with Gasteiger partial charge in [0.2, 0.25) is 0 Å². The maximum atomic E-state index is 12.2. The molecule has 2 aromatic rings. The van der Waals surface area contributed by atoms with Gasteiger partial charge in [-0.25, -0.2) is 0 Å². The fourth-order valence-electron chi connectivity index (χ4n) is 1.50. The van der Waals surface area contributed by atoms with E-state index in [2.05, 4.69) is 10.3 Å². The number of halogens is 3. The van der Waals surface area contributed by atoms with E-state index in [1.165, 1.54) is 12.1 Å². The van der Waals surface area contributed by atoms with E-state index in [9.17, 15) is 13.2 Å². The Bertz CT molecular complexity index is 536. The summed E-state index contributed by atoms with van der Waals surface area (Å²) in [6.45, 7) is 0.999. The predicted octanol–water partition coefficient (Wildman–Crippen LogP) is 2.52. The van der Waals surface area contributed by atoms with E-state index in [-0.39, 0.29) is 16.7 Å². The minimum absolute atomic E-state index is 0.140. The lowest BCUT2D eigenvalue weighted by Crippen LogP contribution is -2.10. The van der Waals surface area contributed by atoms with E-state index in [0.717, 1.165) is 5.56 Å². The molecule has 102 valence electrons. The summed E-state index contributed by atoms with van der Waals surface area (Å²) < 4.78 is 38.1. The van der Waals surface area contributed by atoms with Crippen LogP contribution in [-0.2, 0) is 6.54 Å². The molecule has 2 N–H and O–H groups in total. The fraction of sp³-hybridized carbons (Fsp3) is 0.273. The van der Waals surface area contributed by atoms with Crippen LogP contribution in [0.5, 0.6) is 0 Å². The van der Waals surface area contributed by atoms with Crippen LogP contribution in [0.25, 0.3) is 11.3 Å². The molecule has 0 bridgehead atoms. The van der Waals surface area contributed by atoms with Gasteiger partial charge >= 0.3 is 5.51 Å². The summed E-state index contributed by atoms with van der Waals surface area (Å²) in [4.78, 5) is 0.144. The zero-order valence-corrected chi connectivity index (χ0v) is 10.6. The number of thioether (sulfide) groups is 1. The molecule has 1 aromatic heterocycles. The second-order valence-corrected chi connectivity index (χ2v) is 4.87. The van der Waals surface area contributed by atoms with Crippen LogP contribution in [0.4, 0.5) is 13.2 Å². The van der Waals surface area contributed by atoms with Gasteiger partial charge < -0.3 is 5.73 Å². The molecular weight excluding hydrogens is 277 g/mol. The van der Waals surface area contributed by atoms with Crippen LogP contribution < -0.4 is 5.73 Å². The first kappa shape index (κ1) is 13.9. The molecule has 0 atom stereocenters. The first-order chi connectivity index (χ1) is 8.98. The van der Waals surface area contributed by atoms with Gasteiger partial charge in [-0.1, -0.05) is 17.3 Å². The quantitative estimate of drug-likeness (QED) is 0.878. The molecule has 0 spiro atoms. The van der Waals surface area contributed by atoms with Crippen molar-refractivity contribution >= 4 is 11.8 Å². The Labute approximate surface area is 111 Å². The van der Waals surface area contributed by atoms with Crippen molar-refractivity contribution in [3.05, 3.63) is 30.5 Å². The zero-order chi connectivity index (χ0) is 13.9. The van der Waals surface area contributed by atoms with E-state index in [4.69, 9.17) is 5.73 Å². The highest BCUT2D eigenvalue weighted by Crippen LogP contribution is 2.37. The van der Waals surface area contributed by atoms with Gasteiger partial charge in [0, 0.05) is 17.0 Å². The smallest absolute Gasteiger partial charge is 0.329 e. The number of hydrogen-bond donors (Lipinski definition) is 1. The molecular formula is C11H11F3N4S. The second-order valence-electron chi connectivity index (χ2n) is 3.73. The lowest BCUT2D eigenvalue weighted by atomic mass is 10.2.